The van der Waals surface area contributed by atoms with Crippen LogP contribution in [-0.4, -0.2) is 64.8 Å². The molecule has 0 aliphatic carbocycles. The number of hydrogen-bond acceptors (Lipinski definition) is 6. The Kier molecular flexibility index (Phi) is 12.4. The molecule has 0 aromatic heterocycles. The lowest BCUT2D eigenvalue weighted by molar-refractivity contribution is -0.145. The number of carboxylic acid groups (broad SMARTS) is 1. The molecule has 0 heterocycles. The van der Waals surface area contributed by atoms with Gasteiger partial charge in [-0.05, 0) is 76.6 Å². The van der Waals surface area contributed by atoms with Crippen molar-refractivity contribution in [3.63, 3.8) is 0 Å². The zero-order valence-corrected chi connectivity index (χ0v) is 24.5. The van der Waals surface area contributed by atoms with Crippen LogP contribution in [0.3, 0.4) is 0 Å². The Morgan fingerprint density at radius 2 is 1.73 bits per heavy atom. The van der Waals surface area contributed by atoms with Crippen molar-refractivity contribution in [2.45, 2.75) is 78.0 Å². The standard InChI is InChI=1S/C30H39ClN2O7/c1-6-39-27(36)19-33(29(38)40-30(3,4)5)20(2)28(37)32-24(18-26(34)35)14-10-13-22-15-16-23(17-25(22)31)21-11-8-7-9-12-21/h7-9,11-12,15-17,20,24H,6,10,13-14,18-19H2,1-5H3,(H,32,37)(H,34,35)/t20?,24-/m1/s1. The van der Waals surface area contributed by atoms with Crippen molar-refractivity contribution in [3.8, 4) is 11.1 Å². The van der Waals surface area contributed by atoms with Crippen LogP contribution in [0.15, 0.2) is 48.5 Å². The van der Waals surface area contributed by atoms with E-state index < -0.39 is 48.2 Å². The minimum Gasteiger partial charge on any atom is -0.481 e. The maximum Gasteiger partial charge on any atom is 0.411 e. The molecular weight excluding hydrogens is 536 g/mol. The molecule has 0 saturated carbocycles. The fourth-order valence-corrected chi connectivity index (χ4v) is 4.30. The number of ether oxygens (including phenoxy) is 2. The zero-order valence-electron chi connectivity index (χ0n) is 23.7. The van der Waals surface area contributed by atoms with Crippen LogP contribution in [-0.2, 0) is 30.3 Å². The Balaban J connectivity index is 2.07. The molecule has 2 aromatic carbocycles. The van der Waals surface area contributed by atoms with Gasteiger partial charge in [0.25, 0.3) is 0 Å². The number of benzene rings is 2. The van der Waals surface area contributed by atoms with E-state index >= 15 is 0 Å². The first-order chi connectivity index (χ1) is 18.8. The Hall–Kier alpha value is -3.59. The predicted molar refractivity (Wildman–Crippen MR) is 153 cm³/mol. The SMILES string of the molecule is CCOC(=O)CN(C(=O)OC(C)(C)C)C(C)C(=O)N[C@H](CCCc1ccc(-c2ccccc2)cc1Cl)CC(=O)O. The summed E-state index contributed by atoms with van der Waals surface area (Å²) in [6.45, 7) is 7.71. The van der Waals surface area contributed by atoms with Gasteiger partial charge >= 0.3 is 18.0 Å². The van der Waals surface area contributed by atoms with Crippen molar-refractivity contribution in [3.05, 3.63) is 59.1 Å². The van der Waals surface area contributed by atoms with Crippen molar-refractivity contribution in [1.82, 2.24) is 10.2 Å². The molecule has 2 rings (SSSR count). The molecule has 0 aliphatic heterocycles. The van der Waals surface area contributed by atoms with Gasteiger partial charge in [-0.25, -0.2) is 4.79 Å². The van der Waals surface area contributed by atoms with Crippen LogP contribution in [0.4, 0.5) is 4.79 Å². The molecule has 0 radical (unpaired) electrons. The highest BCUT2D eigenvalue weighted by Crippen LogP contribution is 2.27. The first-order valence-electron chi connectivity index (χ1n) is 13.3. The van der Waals surface area contributed by atoms with E-state index in [4.69, 9.17) is 21.1 Å². The Morgan fingerprint density at radius 1 is 1.05 bits per heavy atom. The first kappa shape index (κ1) is 32.6. The topological polar surface area (TPSA) is 122 Å². The summed E-state index contributed by atoms with van der Waals surface area (Å²) in [5.41, 5.74) is 2.11. The first-order valence-corrected chi connectivity index (χ1v) is 13.7. The maximum atomic E-state index is 13.1. The summed E-state index contributed by atoms with van der Waals surface area (Å²) in [4.78, 5) is 50.5. The third-order valence-electron chi connectivity index (χ3n) is 6.01. The van der Waals surface area contributed by atoms with E-state index in [-0.39, 0.29) is 13.0 Å². The van der Waals surface area contributed by atoms with Gasteiger partial charge in [0.05, 0.1) is 13.0 Å². The summed E-state index contributed by atoms with van der Waals surface area (Å²) in [7, 11) is 0. The van der Waals surface area contributed by atoms with E-state index in [9.17, 15) is 24.3 Å². The summed E-state index contributed by atoms with van der Waals surface area (Å²) in [6.07, 6.45) is 0.361. The second kappa shape index (κ2) is 15.3. The number of rotatable bonds is 13. The van der Waals surface area contributed by atoms with Gasteiger partial charge in [0.15, 0.2) is 0 Å². The quantitative estimate of drug-likeness (QED) is 0.304. The van der Waals surface area contributed by atoms with Crippen LogP contribution in [0.25, 0.3) is 11.1 Å². The third-order valence-corrected chi connectivity index (χ3v) is 6.36. The van der Waals surface area contributed by atoms with Crippen LogP contribution in [0.2, 0.25) is 5.02 Å². The number of carbonyl (C=O) groups is 4. The molecule has 10 heteroatoms. The molecule has 40 heavy (non-hydrogen) atoms. The van der Waals surface area contributed by atoms with Crippen molar-refractivity contribution in [2.24, 2.45) is 0 Å². The Bertz CT molecular complexity index is 1160. The number of carbonyl (C=O) groups excluding carboxylic acids is 3. The highest BCUT2D eigenvalue weighted by molar-refractivity contribution is 6.31. The number of aryl methyl sites for hydroxylation is 1. The van der Waals surface area contributed by atoms with Crippen molar-refractivity contribution < 1.29 is 33.8 Å². The van der Waals surface area contributed by atoms with Gasteiger partial charge in [-0.3, -0.25) is 19.3 Å². The van der Waals surface area contributed by atoms with E-state index in [0.29, 0.717) is 24.3 Å². The highest BCUT2D eigenvalue weighted by atomic mass is 35.5. The van der Waals surface area contributed by atoms with E-state index in [1.807, 2.05) is 48.5 Å². The van der Waals surface area contributed by atoms with Gasteiger partial charge < -0.3 is 19.9 Å². The number of nitrogens with one attached hydrogen (secondary N) is 1. The predicted octanol–water partition coefficient (Wildman–Crippen LogP) is 5.48. The molecule has 1 unspecified atom stereocenters. The van der Waals surface area contributed by atoms with Gasteiger partial charge in [0.1, 0.15) is 18.2 Å². The van der Waals surface area contributed by atoms with Crippen molar-refractivity contribution in [1.29, 1.82) is 0 Å². The summed E-state index contributed by atoms with van der Waals surface area (Å²) in [6, 6.07) is 13.9. The summed E-state index contributed by atoms with van der Waals surface area (Å²) in [5, 5.41) is 12.8. The highest BCUT2D eigenvalue weighted by Gasteiger charge is 2.33. The van der Waals surface area contributed by atoms with E-state index in [0.717, 1.165) is 21.6 Å². The lowest BCUT2D eigenvalue weighted by Gasteiger charge is -2.31. The normalized spacial score (nSPS) is 12.7. The summed E-state index contributed by atoms with van der Waals surface area (Å²) >= 11 is 6.53. The van der Waals surface area contributed by atoms with Gasteiger partial charge in [-0.1, -0.05) is 54.1 Å². The number of aliphatic carboxylic acids is 1. The minimum atomic E-state index is -1.12. The monoisotopic (exact) mass is 574 g/mol. The molecule has 218 valence electrons. The van der Waals surface area contributed by atoms with E-state index in [2.05, 4.69) is 5.32 Å². The largest absolute Gasteiger partial charge is 0.481 e. The summed E-state index contributed by atoms with van der Waals surface area (Å²) < 4.78 is 10.3. The number of carboxylic acids is 1. The molecule has 2 N–H and O–H groups in total. The number of amides is 2. The average molecular weight is 575 g/mol. The van der Waals surface area contributed by atoms with Gasteiger partial charge in [-0.15, -0.1) is 0 Å². The fourth-order valence-electron chi connectivity index (χ4n) is 4.02. The van der Waals surface area contributed by atoms with Crippen LogP contribution in [0, 0.1) is 0 Å². The van der Waals surface area contributed by atoms with Crippen LogP contribution < -0.4 is 5.32 Å². The van der Waals surface area contributed by atoms with Gasteiger partial charge in [0.2, 0.25) is 5.91 Å². The molecule has 0 bridgehead atoms. The molecule has 0 spiro atoms. The lowest BCUT2D eigenvalue weighted by Crippen LogP contribution is -2.53. The van der Waals surface area contributed by atoms with Crippen LogP contribution >= 0.6 is 11.6 Å². The van der Waals surface area contributed by atoms with Crippen molar-refractivity contribution in [2.75, 3.05) is 13.2 Å². The molecule has 2 atom stereocenters. The Morgan fingerprint density at radius 3 is 2.30 bits per heavy atom. The second-order valence-electron chi connectivity index (χ2n) is 10.5. The number of esters is 1. The molecule has 0 saturated heterocycles. The fraction of sp³-hybridized carbons (Fsp3) is 0.467. The second-order valence-corrected chi connectivity index (χ2v) is 10.9. The average Bonchev–Trinajstić information content (AvgIpc) is 2.87. The lowest BCUT2D eigenvalue weighted by atomic mass is 9.99. The molecule has 0 aliphatic rings. The third kappa shape index (κ3) is 10.9. The van der Waals surface area contributed by atoms with Gasteiger partial charge in [-0.2, -0.15) is 0 Å². The molecule has 9 nitrogen and oxygen atoms in total. The smallest absolute Gasteiger partial charge is 0.411 e. The summed E-state index contributed by atoms with van der Waals surface area (Å²) in [5.74, 6) is -2.37. The number of hydrogen-bond donors (Lipinski definition) is 2. The van der Waals surface area contributed by atoms with Crippen LogP contribution in [0.1, 0.15) is 59.4 Å². The van der Waals surface area contributed by atoms with Gasteiger partial charge in [0, 0.05) is 11.1 Å². The number of halogens is 1. The minimum absolute atomic E-state index is 0.112. The molecule has 2 aromatic rings. The van der Waals surface area contributed by atoms with Crippen molar-refractivity contribution >= 4 is 35.5 Å². The molecular formula is C30H39ClN2O7. The molecule has 2 amide bonds. The maximum absolute atomic E-state index is 13.1. The van der Waals surface area contributed by atoms with E-state index in [1.165, 1.54) is 6.92 Å². The zero-order chi connectivity index (χ0) is 29.9. The molecule has 0 fully saturated rings. The Labute approximate surface area is 240 Å². The number of nitrogens with zero attached hydrogens (tertiary/aromatic N) is 1. The van der Waals surface area contributed by atoms with Crippen LogP contribution in [0.5, 0.6) is 0 Å². The van der Waals surface area contributed by atoms with E-state index in [1.54, 1.807) is 27.7 Å².